The molecular formula is C33H33N5O4. The van der Waals surface area contributed by atoms with E-state index in [-0.39, 0.29) is 12.0 Å². The number of hydrogen-bond donors (Lipinski definition) is 2. The Balaban J connectivity index is 1.43. The van der Waals surface area contributed by atoms with Crippen molar-refractivity contribution >= 4 is 33.9 Å². The van der Waals surface area contributed by atoms with Gasteiger partial charge in [0.15, 0.2) is 0 Å². The number of aromatic nitrogens is 1. The van der Waals surface area contributed by atoms with Gasteiger partial charge >= 0.3 is 0 Å². The minimum atomic E-state index is -0.284. The Morgan fingerprint density at radius 2 is 1.98 bits per heavy atom. The first kappa shape index (κ1) is 28.6. The van der Waals surface area contributed by atoms with Crippen LogP contribution >= 0.6 is 0 Å². The molecule has 9 heteroatoms. The van der Waals surface area contributed by atoms with E-state index < -0.39 is 0 Å². The van der Waals surface area contributed by atoms with E-state index in [0.29, 0.717) is 60.0 Å². The molecule has 1 fully saturated rings. The summed E-state index contributed by atoms with van der Waals surface area (Å²) in [7, 11) is 3.86. The second-order valence-corrected chi connectivity index (χ2v) is 10.2. The maximum absolute atomic E-state index is 12.8. The molecule has 1 unspecified atom stereocenters. The molecule has 2 heterocycles. The lowest BCUT2D eigenvalue weighted by molar-refractivity contribution is -0.111. The largest absolute Gasteiger partial charge is 0.489 e. The van der Waals surface area contributed by atoms with E-state index in [9.17, 15) is 10.1 Å². The second-order valence-electron chi connectivity index (χ2n) is 10.2. The molecule has 1 amide bonds. The Hall–Kier alpha value is -4.91. The number of ether oxygens (including phenoxy) is 3. The first-order chi connectivity index (χ1) is 20.5. The number of likely N-dealkylation sites (N-methyl/N-ethyl adjacent to an activating group) is 1. The lowest BCUT2D eigenvalue weighted by Gasteiger charge is -2.18. The van der Waals surface area contributed by atoms with E-state index in [1.165, 1.54) is 12.3 Å². The van der Waals surface area contributed by atoms with Crippen molar-refractivity contribution in [2.45, 2.75) is 19.1 Å². The quantitative estimate of drug-likeness (QED) is 0.225. The topological polar surface area (TPSA) is 109 Å². The van der Waals surface area contributed by atoms with Crippen molar-refractivity contribution in [1.82, 2.24) is 9.88 Å². The van der Waals surface area contributed by atoms with Gasteiger partial charge in [0.05, 0.1) is 35.7 Å². The van der Waals surface area contributed by atoms with Gasteiger partial charge in [0, 0.05) is 42.4 Å². The van der Waals surface area contributed by atoms with Crippen LogP contribution in [-0.4, -0.2) is 55.7 Å². The van der Waals surface area contributed by atoms with Gasteiger partial charge in [-0.2, -0.15) is 5.26 Å². The van der Waals surface area contributed by atoms with Crippen LogP contribution in [0.15, 0.2) is 85.1 Å². The Morgan fingerprint density at radius 3 is 2.69 bits per heavy atom. The minimum absolute atomic E-state index is 0.124. The zero-order valence-corrected chi connectivity index (χ0v) is 23.7. The van der Waals surface area contributed by atoms with Crippen LogP contribution in [0.4, 0.5) is 17.1 Å². The fourth-order valence-electron chi connectivity index (χ4n) is 4.48. The van der Waals surface area contributed by atoms with Crippen molar-refractivity contribution in [3.05, 3.63) is 96.2 Å². The van der Waals surface area contributed by atoms with Gasteiger partial charge in [-0.25, -0.2) is 0 Å². The minimum Gasteiger partial charge on any atom is -0.489 e. The Morgan fingerprint density at radius 1 is 1.17 bits per heavy atom. The lowest BCUT2D eigenvalue weighted by Crippen LogP contribution is -2.18. The number of hydrogen-bond acceptors (Lipinski definition) is 8. The van der Waals surface area contributed by atoms with E-state index in [0.717, 1.165) is 23.4 Å². The number of fused-ring (bicyclic) bond motifs is 1. The van der Waals surface area contributed by atoms with Crippen molar-refractivity contribution in [3.8, 4) is 17.6 Å². The average molecular weight is 564 g/mol. The smallest absolute Gasteiger partial charge is 0.248 e. The molecule has 0 saturated carbocycles. The summed E-state index contributed by atoms with van der Waals surface area (Å²) >= 11 is 0. The van der Waals surface area contributed by atoms with Crippen LogP contribution in [-0.2, 0) is 16.1 Å². The number of rotatable bonds is 11. The maximum Gasteiger partial charge on any atom is 0.248 e. The summed E-state index contributed by atoms with van der Waals surface area (Å²) in [6.45, 7) is 2.21. The predicted octanol–water partition coefficient (Wildman–Crippen LogP) is 5.65. The molecule has 1 aromatic heterocycles. The number of pyridine rings is 1. The standard InChI is InChI=1S/C33H33N5O4/c1-38(2)15-6-9-32(39)37-30-17-28-29(18-31(30)42-27-14-16-40-22-27)35-20-24(19-34)33(28)36-25-10-12-26(13-11-25)41-21-23-7-4-3-5-8-23/h3-13,17-18,20,27H,14-16,21-22H2,1-2H3,(H,35,36)(H,37,39)/b9-6+. The molecular weight excluding hydrogens is 530 g/mol. The monoisotopic (exact) mass is 563 g/mol. The molecule has 3 aromatic carbocycles. The van der Waals surface area contributed by atoms with Crippen molar-refractivity contribution in [1.29, 1.82) is 5.26 Å². The van der Waals surface area contributed by atoms with E-state index in [4.69, 9.17) is 14.2 Å². The van der Waals surface area contributed by atoms with E-state index in [1.807, 2.05) is 73.6 Å². The molecule has 0 bridgehead atoms. The van der Waals surface area contributed by atoms with Gasteiger partial charge in [-0.1, -0.05) is 36.4 Å². The van der Waals surface area contributed by atoms with Crippen LogP contribution in [0.25, 0.3) is 10.9 Å². The number of amides is 1. The summed E-state index contributed by atoms with van der Waals surface area (Å²) in [6.07, 6.45) is 5.45. The highest BCUT2D eigenvalue weighted by Crippen LogP contribution is 2.37. The van der Waals surface area contributed by atoms with Crippen molar-refractivity contribution in [2.24, 2.45) is 0 Å². The van der Waals surface area contributed by atoms with E-state index >= 15 is 0 Å². The van der Waals surface area contributed by atoms with Crippen LogP contribution in [0.5, 0.6) is 11.5 Å². The average Bonchev–Trinajstić information content (AvgIpc) is 3.51. The first-order valence-corrected chi connectivity index (χ1v) is 13.8. The van der Waals surface area contributed by atoms with Crippen LogP contribution in [0, 0.1) is 11.3 Å². The van der Waals surface area contributed by atoms with E-state index in [1.54, 1.807) is 18.2 Å². The van der Waals surface area contributed by atoms with Gasteiger partial charge in [0.2, 0.25) is 5.91 Å². The number of carbonyl (C=O) groups excluding carboxylic acids is 1. The van der Waals surface area contributed by atoms with Gasteiger partial charge in [0.1, 0.15) is 30.3 Å². The molecule has 2 N–H and O–H groups in total. The third-order valence-corrected chi connectivity index (χ3v) is 6.64. The normalized spacial score (nSPS) is 14.7. The van der Waals surface area contributed by atoms with Gasteiger partial charge in [-0.15, -0.1) is 0 Å². The number of nitriles is 1. The van der Waals surface area contributed by atoms with Crippen LogP contribution in [0.3, 0.4) is 0 Å². The summed E-state index contributed by atoms with van der Waals surface area (Å²) in [4.78, 5) is 19.3. The van der Waals surface area contributed by atoms with Crippen LogP contribution in [0.2, 0.25) is 0 Å². The highest BCUT2D eigenvalue weighted by atomic mass is 16.5. The van der Waals surface area contributed by atoms with E-state index in [2.05, 4.69) is 21.7 Å². The molecule has 0 spiro atoms. The van der Waals surface area contributed by atoms with Gasteiger partial charge in [0.25, 0.3) is 0 Å². The molecule has 5 rings (SSSR count). The zero-order valence-electron chi connectivity index (χ0n) is 23.7. The molecule has 42 heavy (non-hydrogen) atoms. The van der Waals surface area contributed by atoms with Crippen molar-refractivity contribution < 1.29 is 19.0 Å². The molecule has 1 atom stereocenters. The number of carbonyl (C=O) groups is 1. The molecule has 0 radical (unpaired) electrons. The molecule has 1 saturated heterocycles. The van der Waals surface area contributed by atoms with Gasteiger partial charge in [-0.05, 0) is 50.0 Å². The summed E-state index contributed by atoms with van der Waals surface area (Å²) < 4.78 is 17.6. The fraction of sp³-hybridized carbons (Fsp3) is 0.242. The zero-order chi connectivity index (χ0) is 29.3. The number of benzene rings is 3. The third-order valence-electron chi connectivity index (χ3n) is 6.64. The second kappa shape index (κ2) is 13.6. The SMILES string of the molecule is CN(C)C/C=C/C(=O)Nc1cc2c(Nc3ccc(OCc4ccccc4)cc3)c(C#N)cnc2cc1OC1CCOC1. The lowest BCUT2D eigenvalue weighted by atomic mass is 10.1. The summed E-state index contributed by atoms with van der Waals surface area (Å²) in [5.41, 5.74) is 3.91. The summed E-state index contributed by atoms with van der Waals surface area (Å²) in [6, 6.07) is 23.3. The molecule has 4 aromatic rings. The van der Waals surface area contributed by atoms with Crippen LogP contribution < -0.4 is 20.1 Å². The molecule has 1 aliphatic rings. The highest BCUT2D eigenvalue weighted by Gasteiger charge is 2.21. The predicted molar refractivity (Wildman–Crippen MR) is 163 cm³/mol. The van der Waals surface area contributed by atoms with Gasteiger partial charge < -0.3 is 29.7 Å². The van der Waals surface area contributed by atoms with Crippen molar-refractivity contribution in [3.63, 3.8) is 0 Å². The Labute approximate surface area is 245 Å². The number of anilines is 3. The molecule has 9 nitrogen and oxygen atoms in total. The molecule has 214 valence electrons. The van der Waals surface area contributed by atoms with Gasteiger partial charge in [-0.3, -0.25) is 9.78 Å². The summed E-state index contributed by atoms with van der Waals surface area (Å²) in [5.74, 6) is 0.943. The molecule has 1 aliphatic heterocycles. The maximum atomic E-state index is 12.8. The summed E-state index contributed by atoms with van der Waals surface area (Å²) in [5, 5.41) is 16.9. The Bertz CT molecular complexity index is 1590. The Kier molecular flexibility index (Phi) is 9.29. The van der Waals surface area contributed by atoms with Crippen LogP contribution in [0.1, 0.15) is 17.5 Å². The first-order valence-electron chi connectivity index (χ1n) is 13.8. The highest BCUT2D eigenvalue weighted by molar-refractivity contribution is 6.04. The fourth-order valence-corrected chi connectivity index (χ4v) is 4.48. The number of nitrogens with one attached hydrogen (secondary N) is 2. The third kappa shape index (κ3) is 7.43. The molecule has 0 aliphatic carbocycles. The number of nitrogens with zero attached hydrogens (tertiary/aromatic N) is 3. The van der Waals surface area contributed by atoms with Crippen molar-refractivity contribution in [2.75, 3.05) is 44.5 Å².